The molecule has 158 valence electrons. The van der Waals surface area contributed by atoms with Crippen molar-refractivity contribution in [1.82, 2.24) is 5.32 Å². The van der Waals surface area contributed by atoms with Crippen molar-refractivity contribution in [3.63, 3.8) is 0 Å². The van der Waals surface area contributed by atoms with Crippen LogP contribution in [0.5, 0.6) is 5.75 Å². The van der Waals surface area contributed by atoms with E-state index in [1.165, 1.54) is 10.6 Å². The summed E-state index contributed by atoms with van der Waals surface area (Å²) in [4.78, 5) is 12.4. The van der Waals surface area contributed by atoms with Crippen molar-refractivity contribution in [1.29, 1.82) is 0 Å². The van der Waals surface area contributed by atoms with Crippen LogP contribution >= 0.6 is 0 Å². The molecule has 1 atom stereocenters. The van der Waals surface area contributed by atoms with Crippen molar-refractivity contribution in [2.24, 2.45) is 0 Å². The number of nitrogens with zero attached hydrogens (tertiary/aromatic N) is 1. The topological polar surface area (TPSA) is 75.7 Å². The minimum atomic E-state index is -3.43. The number of ether oxygens (including phenoxy) is 1. The van der Waals surface area contributed by atoms with Crippen LogP contribution in [0.4, 0.5) is 5.69 Å². The number of anilines is 1. The molecule has 2 rings (SSSR count). The lowest BCUT2D eigenvalue weighted by atomic mass is 10.0. The molecule has 2 aromatic carbocycles. The summed E-state index contributed by atoms with van der Waals surface area (Å²) >= 11 is 0. The van der Waals surface area contributed by atoms with Gasteiger partial charge in [0.1, 0.15) is 5.75 Å². The molecule has 1 amide bonds. The van der Waals surface area contributed by atoms with Gasteiger partial charge in [0.05, 0.1) is 25.1 Å². The van der Waals surface area contributed by atoms with E-state index in [-0.39, 0.29) is 24.9 Å². The van der Waals surface area contributed by atoms with Gasteiger partial charge in [0.2, 0.25) is 15.9 Å². The highest BCUT2D eigenvalue weighted by Crippen LogP contribution is 2.23. The van der Waals surface area contributed by atoms with E-state index in [2.05, 4.69) is 5.32 Å². The predicted molar refractivity (Wildman–Crippen MR) is 117 cm³/mol. The Hall–Kier alpha value is -2.54. The number of aryl methyl sites for hydroxylation is 1. The van der Waals surface area contributed by atoms with Gasteiger partial charge < -0.3 is 10.1 Å². The summed E-state index contributed by atoms with van der Waals surface area (Å²) in [6.45, 7) is 4.15. The van der Waals surface area contributed by atoms with Gasteiger partial charge in [-0.05, 0) is 49.1 Å². The first kappa shape index (κ1) is 22.7. The summed E-state index contributed by atoms with van der Waals surface area (Å²) in [5.74, 6) is 0.679. The largest absolute Gasteiger partial charge is 0.497 e. The Morgan fingerprint density at radius 1 is 1.14 bits per heavy atom. The van der Waals surface area contributed by atoms with Crippen molar-refractivity contribution in [3.8, 4) is 5.75 Å². The second-order valence-electron chi connectivity index (χ2n) is 7.03. The number of hydrogen-bond acceptors (Lipinski definition) is 4. The third-order valence-electron chi connectivity index (χ3n) is 4.81. The molecular weight excluding hydrogens is 388 g/mol. The van der Waals surface area contributed by atoms with Crippen LogP contribution in [-0.2, 0) is 14.8 Å². The van der Waals surface area contributed by atoms with E-state index >= 15 is 0 Å². The molecule has 0 unspecified atom stereocenters. The van der Waals surface area contributed by atoms with Crippen molar-refractivity contribution in [3.05, 3.63) is 59.7 Å². The number of nitrogens with one attached hydrogen (secondary N) is 1. The predicted octanol–water partition coefficient (Wildman–Crippen LogP) is 3.82. The monoisotopic (exact) mass is 418 g/mol. The van der Waals surface area contributed by atoms with E-state index in [0.717, 1.165) is 23.3 Å². The SMILES string of the molecule is CC[C@H](NC(=O)CCCN(c1ccccc1C)S(C)(=O)=O)c1ccc(OC)cc1. The molecular formula is C22H30N2O4S. The number of sulfonamides is 1. The number of carbonyl (C=O) groups excluding carboxylic acids is 1. The first-order valence-corrected chi connectivity index (χ1v) is 11.6. The van der Waals surface area contributed by atoms with Crippen molar-refractivity contribution in [2.45, 2.75) is 39.2 Å². The summed E-state index contributed by atoms with van der Waals surface area (Å²) in [6, 6.07) is 14.9. The molecule has 0 aromatic heterocycles. The minimum Gasteiger partial charge on any atom is -0.497 e. The fraction of sp³-hybridized carbons (Fsp3) is 0.409. The molecule has 0 aliphatic heterocycles. The highest BCUT2D eigenvalue weighted by molar-refractivity contribution is 7.92. The van der Waals surface area contributed by atoms with E-state index in [1.54, 1.807) is 13.2 Å². The fourth-order valence-electron chi connectivity index (χ4n) is 3.22. The van der Waals surface area contributed by atoms with Crippen LogP contribution < -0.4 is 14.4 Å². The number of methoxy groups -OCH3 is 1. The van der Waals surface area contributed by atoms with Gasteiger partial charge >= 0.3 is 0 Å². The standard InChI is InChI=1S/C22H30N2O4S/c1-5-20(18-12-14-19(28-3)15-13-18)23-22(25)11-8-16-24(29(4,26)27)21-10-7-6-9-17(21)2/h6-7,9-10,12-15,20H,5,8,11,16H2,1-4H3,(H,23,25)/t20-/m0/s1. The lowest BCUT2D eigenvalue weighted by molar-refractivity contribution is -0.121. The lowest BCUT2D eigenvalue weighted by Gasteiger charge is -2.24. The van der Waals surface area contributed by atoms with Gasteiger partial charge in [0.25, 0.3) is 0 Å². The van der Waals surface area contributed by atoms with Crippen LogP contribution in [0.1, 0.15) is 43.4 Å². The van der Waals surface area contributed by atoms with Crippen LogP contribution in [0.3, 0.4) is 0 Å². The van der Waals surface area contributed by atoms with Gasteiger partial charge in [-0.1, -0.05) is 37.3 Å². The zero-order valence-electron chi connectivity index (χ0n) is 17.5. The van der Waals surface area contributed by atoms with Gasteiger partial charge in [0, 0.05) is 13.0 Å². The van der Waals surface area contributed by atoms with Gasteiger partial charge in [-0.2, -0.15) is 0 Å². The molecule has 0 heterocycles. The third-order valence-corrected chi connectivity index (χ3v) is 5.99. The summed E-state index contributed by atoms with van der Waals surface area (Å²) in [5.41, 5.74) is 2.55. The molecule has 29 heavy (non-hydrogen) atoms. The zero-order chi connectivity index (χ0) is 21.4. The number of carbonyl (C=O) groups is 1. The lowest BCUT2D eigenvalue weighted by Crippen LogP contribution is -2.33. The quantitative estimate of drug-likeness (QED) is 0.636. The Morgan fingerprint density at radius 2 is 1.79 bits per heavy atom. The number of benzene rings is 2. The van der Waals surface area contributed by atoms with Crippen LogP contribution in [0.25, 0.3) is 0 Å². The maximum Gasteiger partial charge on any atom is 0.232 e. The number of amides is 1. The summed E-state index contributed by atoms with van der Waals surface area (Å²) in [5, 5.41) is 3.04. The van der Waals surface area contributed by atoms with E-state index in [9.17, 15) is 13.2 Å². The van der Waals surface area contributed by atoms with E-state index in [1.807, 2.05) is 56.3 Å². The first-order chi connectivity index (χ1) is 13.8. The minimum absolute atomic E-state index is 0.0872. The Bertz CT molecular complexity index is 911. The highest BCUT2D eigenvalue weighted by Gasteiger charge is 2.19. The summed E-state index contributed by atoms with van der Waals surface area (Å²) < 4.78 is 31.0. The van der Waals surface area contributed by atoms with Crippen LogP contribution in [0, 0.1) is 6.92 Å². The van der Waals surface area contributed by atoms with Crippen LogP contribution in [0.2, 0.25) is 0 Å². The van der Waals surface area contributed by atoms with Gasteiger partial charge in [-0.15, -0.1) is 0 Å². The van der Waals surface area contributed by atoms with Gasteiger partial charge in [-0.3, -0.25) is 9.10 Å². The molecule has 0 aliphatic rings. The van der Waals surface area contributed by atoms with E-state index < -0.39 is 10.0 Å². The highest BCUT2D eigenvalue weighted by atomic mass is 32.2. The van der Waals surface area contributed by atoms with Crippen LogP contribution in [0.15, 0.2) is 48.5 Å². The summed E-state index contributed by atoms with van der Waals surface area (Å²) in [7, 11) is -1.81. The Kier molecular flexibility index (Phi) is 8.08. The molecule has 1 N–H and O–H groups in total. The number of hydrogen-bond donors (Lipinski definition) is 1. The van der Waals surface area contributed by atoms with Crippen molar-refractivity contribution < 1.29 is 17.9 Å². The van der Waals surface area contributed by atoms with Crippen LogP contribution in [-0.4, -0.2) is 34.2 Å². The molecule has 0 bridgehead atoms. The maximum atomic E-state index is 12.4. The fourth-order valence-corrected chi connectivity index (χ4v) is 4.24. The average molecular weight is 419 g/mol. The Balaban J connectivity index is 1.96. The zero-order valence-corrected chi connectivity index (χ0v) is 18.3. The molecule has 0 saturated heterocycles. The van der Waals surface area contributed by atoms with E-state index in [4.69, 9.17) is 4.74 Å². The Labute approximate surface area is 173 Å². The molecule has 0 radical (unpaired) electrons. The van der Waals surface area contributed by atoms with Gasteiger partial charge in [-0.25, -0.2) is 8.42 Å². The second kappa shape index (κ2) is 10.3. The smallest absolute Gasteiger partial charge is 0.232 e. The van der Waals surface area contributed by atoms with E-state index in [0.29, 0.717) is 12.1 Å². The summed E-state index contributed by atoms with van der Waals surface area (Å²) in [6.07, 6.45) is 2.64. The molecule has 6 nitrogen and oxygen atoms in total. The molecule has 7 heteroatoms. The normalized spacial score (nSPS) is 12.3. The molecule has 0 aliphatic carbocycles. The third kappa shape index (κ3) is 6.49. The number of para-hydroxylation sites is 1. The first-order valence-electron chi connectivity index (χ1n) is 9.73. The number of rotatable bonds is 10. The van der Waals surface area contributed by atoms with Gasteiger partial charge in [0.15, 0.2) is 0 Å². The molecule has 0 spiro atoms. The average Bonchev–Trinajstić information content (AvgIpc) is 2.69. The molecule has 0 fully saturated rings. The molecule has 2 aromatic rings. The van der Waals surface area contributed by atoms with Crippen molar-refractivity contribution in [2.75, 3.05) is 24.2 Å². The maximum absolute atomic E-state index is 12.4. The van der Waals surface area contributed by atoms with Crippen molar-refractivity contribution >= 4 is 21.6 Å². The molecule has 0 saturated carbocycles. The Morgan fingerprint density at radius 3 is 2.34 bits per heavy atom. The second-order valence-corrected chi connectivity index (χ2v) is 8.93.